The normalized spacial score (nSPS) is 18.6. The van der Waals surface area contributed by atoms with E-state index in [4.69, 9.17) is 0 Å². The number of aryl methyl sites for hydroxylation is 2. The Morgan fingerprint density at radius 2 is 1.03 bits per heavy atom. The van der Waals surface area contributed by atoms with E-state index < -0.39 is 17.4 Å². The maximum Gasteiger partial charge on any atom is -1.00 e. The Kier molecular flexibility index (Phi) is 8.12. The molecule has 0 spiro atoms. The van der Waals surface area contributed by atoms with Gasteiger partial charge in [0.1, 0.15) is 0 Å². The van der Waals surface area contributed by atoms with Gasteiger partial charge in [-0.3, -0.25) is 0 Å². The van der Waals surface area contributed by atoms with Gasteiger partial charge in [-0.05, 0) is 0 Å². The molecule has 4 heteroatoms. The molecule has 4 rings (SSSR count). The summed E-state index contributed by atoms with van der Waals surface area (Å²) >= 11 is -3.31. The Labute approximate surface area is 210 Å². The number of halogens is 2. The standard InChI is InChI=1S/2C13H15.2CH3.2ClH.H2Si.Zr/c2*1-4-12-10(3)5-6-11-7-9(2)8-13(11)12;;;;;;/h2*5-8H,4H2,1-3H3;2*1H3;2*1H;1H2;/q;;;;;;;+2/p-2. The van der Waals surface area contributed by atoms with Crippen LogP contribution in [-0.4, -0.2) is 6.88 Å². The van der Waals surface area contributed by atoms with Gasteiger partial charge in [-0.25, -0.2) is 0 Å². The second kappa shape index (κ2) is 9.33. The minimum absolute atomic E-state index is 0. The predicted octanol–water partition coefficient (Wildman–Crippen LogP) is 1.39. The SMILES string of the molecule is CCc1c(C)ccc2c1C=C(C)[CH]2[Zr+2]([CH3])([CH3])(=[SiH2])[CH]1C(C)=Cc2c1ccc(C)c2CC.[Cl-].[Cl-]. The molecule has 2 atom stereocenters. The van der Waals surface area contributed by atoms with Crippen molar-refractivity contribution in [3.8, 4) is 0 Å². The monoisotopic (exact) mass is 562 g/mol. The summed E-state index contributed by atoms with van der Waals surface area (Å²) in [6, 6.07) is 9.71. The van der Waals surface area contributed by atoms with Crippen molar-refractivity contribution in [3.05, 3.63) is 79.9 Å². The molecule has 0 fully saturated rings. The van der Waals surface area contributed by atoms with E-state index in [0.29, 0.717) is 7.25 Å². The zero-order chi connectivity index (χ0) is 22.0. The van der Waals surface area contributed by atoms with Crippen molar-refractivity contribution >= 4 is 19.0 Å². The molecule has 172 valence electrons. The molecule has 2 aromatic carbocycles. The summed E-state index contributed by atoms with van der Waals surface area (Å²) in [4.78, 5) is 0. The first-order chi connectivity index (χ1) is 14.0. The second-order valence-corrected chi connectivity index (χ2v) is 41.5. The van der Waals surface area contributed by atoms with Gasteiger partial charge in [0.15, 0.2) is 0 Å². The Balaban J connectivity index is 0.00000181. The molecule has 2 aliphatic carbocycles. The first kappa shape index (κ1) is 27.8. The van der Waals surface area contributed by atoms with E-state index >= 15 is 0 Å². The fraction of sp³-hybridized carbons (Fsp3) is 0.429. The number of allylic oxidation sites excluding steroid dienone is 2. The van der Waals surface area contributed by atoms with E-state index in [0.717, 1.165) is 12.8 Å². The quantitative estimate of drug-likeness (QED) is 0.493. The van der Waals surface area contributed by atoms with Gasteiger partial charge in [-0.1, -0.05) is 0 Å². The Hall–Kier alpha value is -0.400. The van der Waals surface area contributed by atoms with Crippen molar-refractivity contribution in [2.75, 3.05) is 0 Å². The van der Waals surface area contributed by atoms with Crippen molar-refractivity contribution in [2.24, 2.45) is 0 Å². The van der Waals surface area contributed by atoms with Gasteiger partial charge in [0.2, 0.25) is 0 Å². The van der Waals surface area contributed by atoms with E-state index in [1.807, 2.05) is 0 Å². The molecule has 0 bridgehead atoms. The molecular weight excluding hydrogens is 527 g/mol. The Morgan fingerprint density at radius 1 is 0.688 bits per heavy atom. The van der Waals surface area contributed by atoms with Crippen LogP contribution >= 0.6 is 0 Å². The topological polar surface area (TPSA) is 0 Å². The predicted molar refractivity (Wildman–Crippen MR) is 134 cm³/mol. The van der Waals surface area contributed by atoms with Crippen LogP contribution in [0.5, 0.6) is 0 Å². The van der Waals surface area contributed by atoms with Crippen LogP contribution in [0.1, 0.15) is 79.5 Å². The number of fused-ring (bicyclic) bond motifs is 2. The van der Waals surface area contributed by atoms with E-state index in [2.05, 4.69) is 94.1 Å². The van der Waals surface area contributed by atoms with Gasteiger partial charge in [0, 0.05) is 0 Å². The molecule has 0 radical (unpaired) electrons. The molecule has 0 amide bonds. The van der Waals surface area contributed by atoms with Crippen LogP contribution in [0.3, 0.4) is 0 Å². The minimum atomic E-state index is -3.31. The molecule has 2 unspecified atom stereocenters. The minimum Gasteiger partial charge on any atom is -1.00 e. The first-order valence-electron chi connectivity index (χ1n) is 11.7. The average molecular weight is 565 g/mol. The van der Waals surface area contributed by atoms with Gasteiger partial charge in [0.05, 0.1) is 0 Å². The van der Waals surface area contributed by atoms with Gasteiger partial charge in [-0.2, -0.15) is 0 Å². The van der Waals surface area contributed by atoms with Crippen LogP contribution < -0.4 is 24.8 Å². The summed E-state index contributed by atoms with van der Waals surface area (Å²) in [5.41, 5.74) is 15.6. The third kappa shape index (κ3) is 4.02. The number of hydrogen-bond donors (Lipinski definition) is 0. The van der Waals surface area contributed by atoms with E-state index in [9.17, 15) is 0 Å². The summed E-state index contributed by atoms with van der Waals surface area (Å²) in [6.07, 6.45) is 7.34. The van der Waals surface area contributed by atoms with Crippen molar-refractivity contribution < 1.29 is 42.2 Å². The van der Waals surface area contributed by atoms with Crippen molar-refractivity contribution in [3.63, 3.8) is 0 Å². The van der Waals surface area contributed by atoms with Crippen molar-refractivity contribution in [1.29, 1.82) is 0 Å². The molecule has 0 aliphatic heterocycles. The molecule has 0 heterocycles. The van der Waals surface area contributed by atoms with Crippen LogP contribution in [0.25, 0.3) is 12.2 Å². The summed E-state index contributed by atoms with van der Waals surface area (Å²) in [5, 5.41) is 0. The second-order valence-electron chi connectivity index (χ2n) is 11.0. The van der Waals surface area contributed by atoms with Crippen LogP contribution in [0.2, 0.25) is 9.26 Å². The van der Waals surface area contributed by atoms with Crippen LogP contribution in [0.4, 0.5) is 0 Å². The van der Waals surface area contributed by atoms with Gasteiger partial charge < -0.3 is 24.8 Å². The molecule has 32 heavy (non-hydrogen) atoms. The first-order valence-corrected chi connectivity index (χ1v) is 25.4. The van der Waals surface area contributed by atoms with Crippen molar-refractivity contribution in [2.45, 2.75) is 70.9 Å². The smallest absolute Gasteiger partial charge is 1.00 e. The zero-order valence-electron chi connectivity index (χ0n) is 21.0. The molecule has 2 aliphatic rings. The number of hydrogen-bond acceptors (Lipinski definition) is 0. The Morgan fingerprint density at radius 3 is 1.34 bits per heavy atom. The largest absolute Gasteiger partial charge is 1.00 e. The van der Waals surface area contributed by atoms with Gasteiger partial charge in [0.25, 0.3) is 0 Å². The van der Waals surface area contributed by atoms with Crippen LogP contribution in [0, 0.1) is 13.8 Å². The maximum absolute atomic E-state index is 3.31. The molecule has 0 aromatic heterocycles. The van der Waals surface area contributed by atoms with Crippen LogP contribution in [-0.2, 0) is 30.2 Å². The molecule has 0 N–H and O–H groups in total. The summed E-state index contributed by atoms with van der Waals surface area (Å²) < 4.78 is 6.75. The van der Waals surface area contributed by atoms with Gasteiger partial charge >= 0.3 is 187 Å². The molecule has 0 nitrogen and oxygen atoms in total. The van der Waals surface area contributed by atoms with Crippen LogP contribution in [0.15, 0.2) is 35.4 Å². The third-order valence-corrected chi connectivity index (χ3v) is 26.1. The van der Waals surface area contributed by atoms with Crippen molar-refractivity contribution in [1.82, 2.24) is 0 Å². The summed E-state index contributed by atoms with van der Waals surface area (Å²) in [5.74, 6) is 0. The fourth-order valence-electron chi connectivity index (χ4n) is 7.16. The molecular formula is C28H38Cl2SiZr. The summed E-state index contributed by atoms with van der Waals surface area (Å²) in [6.45, 7) is 16.5. The van der Waals surface area contributed by atoms with Gasteiger partial charge in [-0.15, -0.1) is 0 Å². The fourth-order valence-corrected chi connectivity index (χ4v) is 28.4. The Bertz CT molecular complexity index is 1110. The van der Waals surface area contributed by atoms with E-state index in [1.165, 1.54) is 11.1 Å². The third-order valence-electron chi connectivity index (χ3n) is 8.13. The summed E-state index contributed by atoms with van der Waals surface area (Å²) in [7, 11) is 0. The number of rotatable bonds is 4. The molecule has 0 saturated heterocycles. The molecule has 0 saturated carbocycles. The van der Waals surface area contributed by atoms with E-state index in [1.54, 1.807) is 44.5 Å². The van der Waals surface area contributed by atoms with E-state index in [-0.39, 0.29) is 24.8 Å². The zero-order valence-corrected chi connectivity index (χ0v) is 26.4. The molecule has 2 aromatic rings. The number of benzene rings is 2. The maximum atomic E-state index is 2.74. The average Bonchev–Trinajstić information content (AvgIpc) is 3.18.